The molecule has 0 heterocycles. The molecule has 1 aliphatic carbocycles. The summed E-state index contributed by atoms with van der Waals surface area (Å²) in [4.78, 5) is 2.49. The molecule has 1 fully saturated rings. The molecule has 3 atom stereocenters. The first-order valence-electron chi connectivity index (χ1n) is 14.8. The van der Waals surface area contributed by atoms with E-state index in [1.54, 1.807) is 12.8 Å². The Kier molecular flexibility index (Phi) is 19.2. The van der Waals surface area contributed by atoms with Gasteiger partial charge in [0.1, 0.15) is 0 Å². The van der Waals surface area contributed by atoms with Gasteiger partial charge in [0, 0.05) is 6.04 Å². The summed E-state index contributed by atoms with van der Waals surface area (Å²) >= 11 is 0. The molecule has 0 aromatic carbocycles. The third-order valence-electron chi connectivity index (χ3n) is 7.98. The van der Waals surface area contributed by atoms with Gasteiger partial charge < -0.3 is 4.90 Å². The van der Waals surface area contributed by atoms with Crippen LogP contribution in [0.15, 0.2) is 0 Å². The van der Waals surface area contributed by atoms with Crippen molar-refractivity contribution >= 4 is 0 Å². The minimum atomic E-state index is 0.823. The molecule has 0 spiro atoms. The molecule has 0 bridgehead atoms. The molecule has 0 aromatic heterocycles. The fourth-order valence-corrected chi connectivity index (χ4v) is 5.52. The lowest BCUT2D eigenvalue weighted by Gasteiger charge is -2.24. The van der Waals surface area contributed by atoms with Crippen LogP contribution < -0.4 is 0 Å². The Morgan fingerprint density at radius 2 is 0.871 bits per heavy atom. The van der Waals surface area contributed by atoms with Crippen molar-refractivity contribution in [3.63, 3.8) is 0 Å². The zero-order chi connectivity index (χ0) is 22.6. The van der Waals surface area contributed by atoms with E-state index in [2.05, 4.69) is 32.8 Å². The minimum absolute atomic E-state index is 0.823. The van der Waals surface area contributed by atoms with E-state index in [-0.39, 0.29) is 0 Å². The summed E-state index contributed by atoms with van der Waals surface area (Å²) in [5.74, 6) is 2.25. The number of nitrogens with zero attached hydrogens (tertiary/aromatic N) is 1. The van der Waals surface area contributed by atoms with E-state index >= 15 is 0 Å². The van der Waals surface area contributed by atoms with E-state index < -0.39 is 0 Å². The van der Waals surface area contributed by atoms with Gasteiger partial charge in [0.25, 0.3) is 0 Å². The smallest absolute Gasteiger partial charge is 0.00891 e. The molecule has 31 heavy (non-hydrogen) atoms. The third kappa shape index (κ3) is 17.1. The normalized spacial score (nSPS) is 19.3. The van der Waals surface area contributed by atoms with Crippen LogP contribution in [0, 0.1) is 11.8 Å². The predicted molar refractivity (Wildman–Crippen MR) is 142 cm³/mol. The summed E-state index contributed by atoms with van der Waals surface area (Å²) < 4.78 is 0. The molecule has 0 amide bonds. The van der Waals surface area contributed by atoms with Crippen molar-refractivity contribution in [2.45, 2.75) is 168 Å². The second kappa shape index (κ2) is 20.6. The van der Waals surface area contributed by atoms with E-state index in [4.69, 9.17) is 0 Å². The average Bonchev–Trinajstić information content (AvgIpc) is 3.51. The minimum Gasteiger partial charge on any atom is -0.306 e. The fraction of sp³-hybridized carbons (Fsp3) is 1.00. The molecule has 1 nitrogen and oxygen atoms in total. The maximum atomic E-state index is 2.49. The molecular weight excluding hydrogens is 374 g/mol. The number of rotatable bonds is 24. The highest BCUT2D eigenvalue weighted by Gasteiger charge is 2.34. The summed E-state index contributed by atoms with van der Waals surface area (Å²) in [5, 5.41) is 0. The number of unbranched alkanes of at least 4 members (excludes halogenated alkanes) is 15. The van der Waals surface area contributed by atoms with E-state index in [1.165, 1.54) is 135 Å². The van der Waals surface area contributed by atoms with Crippen LogP contribution in [-0.4, -0.2) is 25.0 Å². The molecule has 1 unspecified atom stereocenters. The standard InChI is InChI=1S/C30H61N/c1-5-7-9-11-13-17-21-25-30(31(3)4)26-22-18-15-12-14-16-20-24-29-27-28(29)23-19-10-8-6-2/h28-30H,5-27H2,1-4H3/t28-,29+,30?/m1/s1. The van der Waals surface area contributed by atoms with Crippen LogP contribution in [0.25, 0.3) is 0 Å². The highest BCUT2D eigenvalue weighted by Crippen LogP contribution is 2.45. The molecule has 1 aliphatic rings. The van der Waals surface area contributed by atoms with Crippen molar-refractivity contribution in [3.8, 4) is 0 Å². The second-order valence-corrected chi connectivity index (χ2v) is 11.2. The lowest BCUT2D eigenvalue weighted by atomic mass is 9.99. The first-order valence-corrected chi connectivity index (χ1v) is 14.8. The number of hydrogen-bond donors (Lipinski definition) is 0. The van der Waals surface area contributed by atoms with E-state index in [0.29, 0.717) is 0 Å². The first-order chi connectivity index (χ1) is 15.2. The summed E-state index contributed by atoms with van der Waals surface area (Å²) in [7, 11) is 4.59. The van der Waals surface area contributed by atoms with Gasteiger partial charge in [-0.3, -0.25) is 0 Å². The summed E-state index contributed by atoms with van der Waals surface area (Å²) in [6.45, 7) is 4.63. The van der Waals surface area contributed by atoms with E-state index in [9.17, 15) is 0 Å². The van der Waals surface area contributed by atoms with Crippen molar-refractivity contribution in [2.75, 3.05) is 14.1 Å². The van der Waals surface area contributed by atoms with Crippen LogP contribution in [-0.2, 0) is 0 Å². The van der Waals surface area contributed by atoms with Crippen LogP contribution in [0.1, 0.15) is 162 Å². The lowest BCUT2D eigenvalue weighted by molar-refractivity contribution is 0.251. The van der Waals surface area contributed by atoms with Gasteiger partial charge in [-0.05, 0) is 45.2 Å². The Labute approximate surface area is 198 Å². The Morgan fingerprint density at radius 3 is 1.29 bits per heavy atom. The fourth-order valence-electron chi connectivity index (χ4n) is 5.52. The zero-order valence-corrected chi connectivity index (χ0v) is 22.4. The molecule has 0 aliphatic heterocycles. The van der Waals surface area contributed by atoms with Crippen LogP contribution in [0.3, 0.4) is 0 Å². The maximum absolute atomic E-state index is 2.49. The largest absolute Gasteiger partial charge is 0.306 e. The monoisotopic (exact) mass is 435 g/mol. The maximum Gasteiger partial charge on any atom is 0.00891 e. The summed E-state index contributed by atoms with van der Waals surface area (Å²) in [6.07, 6.45) is 33.7. The van der Waals surface area contributed by atoms with Gasteiger partial charge in [-0.15, -0.1) is 0 Å². The Balaban J connectivity index is 1.85. The van der Waals surface area contributed by atoms with Gasteiger partial charge >= 0.3 is 0 Å². The van der Waals surface area contributed by atoms with Crippen molar-refractivity contribution in [3.05, 3.63) is 0 Å². The second-order valence-electron chi connectivity index (χ2n) is 11.2. The molecule has 0 aromatic rings. The first kappa shape index (κ1) is 29.0. The SMILES string of the molecule is CCCCCCCCCC(CCCCCCCCC[C@H]1C[C@H]1CCCCCC)N(C)C. The quantitative estimate of drug-likeness (QED) is 0.136. The van der Waals surface area contributed by atoms with Crippen molar-refractivity contribution < 1.29 is 0 Å². The van der Waals surface area contributed by atoms with Gasteiger partial charge in [-0.1, -0.05) is 142 Å². The molecule has 0 saturated heterocycles. The lowest BCUT2D eigenvalue weighted by Crippen LogP contribution is -2.27. The van der Waals surface area contributed by atoms with Gasteiger partial charge in [0.05, 0.1) is 0 Å². The average molecular weight is 436 g/mol. The Morgan fingerprint density at radius 1 is 0.516 bits per heavy atom. The highest BCUT2D eigenvalue weighted by molar-refractivity contribution is 4.85. The molecule has 186 valence electrons. The third-order valence-corrected chi connectivity index (χ3v) is 7.98. The summed E-state index contributed by atoms with van der Waals surface area (Å²) in [6, 6.07) is 0.823. The molecule has 1 saturated carbocycles. The van der Waals surface area contributed by atoms with Gasteiger partial charge in [-0.2, -0.15) is 0 Å². The van der Waals surface area contributed by atoms with E-state index in [0.717, 1.165) is 17.9 Å². The van der Waals surface area contributed by atoms with Crippen LogP contribution in [0.5, 0.6) is 0 Å². The zero-order valence-electron chi connectivity index (χ0n) is 22.4. The Bertz CT molecular complexity index is 363. The molecule has 0 N–H and O–H groups in total. The van der Waals surface area contributed by atoms with Crippen LogP contribution >= 0.6 is 0 Å². The topological polar surface area (TPSA) is 3.24 Å². The van der Waals surface area contributed by atoms with Crippen molar-refractivity contribution in [1.82, 2.24) is 4.90 Å². The summed E-state index contributed by atoms with van der Waals surface area (Å²) in [5.41, 5.74) is 0. The van der Waals surface area contributed by atoms with Gasteiger partial charge in [0.2, 0.25) is 0 Å². The molecule has 1 heteroatoms. The van der Waals surface area contributed by atoms with Crippen LogP contribution in [0.2, 0.25) is 0 Å². The van der Waals surface area contributed by atoms with Crippen molar-refractivity contribution in [1.29, 1.82) is 0 Å². The molecule has 0 radical (unpaired) electrons. The molecule has 1 rings (SSSR count). The van der Waals surface area contributed by atoms with Gasteiger partial charge in [-0.25, -0.2) is 0 Å². The highest BCUT2D eigenvalue weighted by atomic mass is 15.1. The predicted octanol–water partition coefficient (Wildman–Crippen LogP) is 10.2. The molecular formula is C30H61N. The van der Waals surface area contributed by atoms with E-state index in [1.807, 2.05) is 0 Å². The van der Waals surface area contributed by atoms with Crippen molar-refractivity contribution in [2.24, 2.45) is 11.8 Å². The Hall–Kier alpha value is -0.0400. The number of hydrogen-bond acceptors (Lipinski definition) is 1. The van der Waals surface area contributed by atoms with Gasteiger partial charge in [0.15, 0.2) is 0 Å². The van der Waals surface area contributed by atoms with Crippen LogP contribution in [0.4, 0.5) is 0 Å².